The summed E-state index contributed by atoms with van der Waals surface area (Å²) in [6.07, 6.45) is 3.82. The first kappa shape index (κ1) is 85.6. The van der Waals surface area contributed by atoms with Crippen molar-refractivity contribution in [2.45, 2.75) is 52.4 Å². The first-order valence-electron chi connectivity index (χ1n) is 46.5. The van der Waals surface area contributed by atoms with E-state index in [-0.39, 0.29) is 10.8 Å². The number of H-pyrrole nitrogens is 2. The summed E-state index contributed by atoms with van der Waals surface area (Å²) in [7, 11) is 0. The average molecular weight is 1840 g/mol. The molecule has 0 unspecified atom stereocenters. The van der Waals surface area contributed by atoms with E-state index in [1.165, 1.54) is 81.9 Å². The van der Waals surface area contributed by atoms with E-state index in [4.69, 9.17) is 25.2 Å². The molecule has 0 aliphatic rings. The molecule has 0 atom stereocenters. The van der Waals surface area contributed by atoms with Crippen molar-refractivity contribution in [3.63, 3.8) is 0 Å². The van der Waals surface area contributed by atoms with Crippen LogP contribution in [-0.2, 0) is 10.8 Å². The third kappa shape index (κ3) is 16.7. The van der Waals surface area contributed by atoms with Gasteiger partial charge in [0.1, 0.15) is 34.6 Å². The Kier molecular flexibility index (Phi) is 22.7. The zero-order chi connectivity index (χ0) is 92.8. The van der Waals surface area contributed by atoms with Crippen LogP contribution >= 0.6 is 15.9 Å². The molecule has 5 N–H and O–H groups in total. The van der Waals surface area contributed by atoms with Crippen molar-refractivity contribution in [3.05, 3.63) is 465 Å². The second kappa shape index (κ2) is 36.3. The van der Waals surface area contributed by atoms with Crippen molar-refractivity contribution in [1.82, 2.24) is 29.1 Å². The first-order valence-corrected chi connectivity index (χ1v) is 47.3. The lowest BCUT2D eigenvalue weighted by molar-refractivity contribution is 0.483. The van der Waals surface area contributed by atoms with Crippen LogP contribution in [0.4, 0.5) is 17.1 Å². The molecule has 24 rings (SSSR count). The number of nitrogens with one attached hydrogen (secondary N) is 3. The summed E-state index contributed by atoms with van der Waals surface area (Å²) in [4.78, 5) is 17.6. The number of halogens is 1. The largest absolute Gasteiger partial charge is 0.457 e. The van der Waals surface area contributed by atoms with Crippen molar-refractivity contribution < 1.29 is 9.47 Å². The lowest BCUT2D eigenvalue weighted by Gasteiger charge is -2.20. The quantitative estimate of drug-likeness (QED) is 0.0904. The zero-order valence-corrected chi connectivity index (χ0v) is 78.4. The van der Waals surface area contributed by atoms with E-state index in [1.807, 2.05) is 67.0 Å². The maximum atomic E-state index is 6.75. The number of hydrogen-bond donors (Lipinski definition) is 4. The predicted molar refractivity (Wildman–Crippen MR) is 582 cm³/mol. The molecule has 0 bridgehead atoms. The Balaban J connectivity index is 0.000000132. The maximum absolute atomic E-state index is 6.75. The molecule has 0 saturated carbocycles. The van der Waals surface area contributed by atoms with Gasteiger partial charge in [0.15, 0.2) is 0 Å². The van der Waals surface area contributed by atoms with Gasteiger partial charge in [0.2, 0.25) is 0 Å². The van der Waals surface area contributed by atoms with Gasteiger partial charge in [-0.2, -0.15) is 0 Å². The van der Waals surface area contributed by atoms with Gasteiger partial charge >= 0.3 is 0 Å². The van der Waals surface area contributed by atoms with Crippen molar-refractivity contribution >= 4 is 163 Å². The van der Waals surface area contributed by atoms with Crippen molar-refractivity contribution in [2.24, 2.45) is 0 Å². The highest BCUT2D eigenvalue weighted by atomic mass is 79.9. The van der Waals surface area contributed by atoms with Crippen molar-refractivity contribution in [1.29, 1.82) is 0 Å². The summed E-state index contributed by atoms with van der Waals surface area (Å²) in [5.74, 6) is 4.85. The van der Waals surface area contributed by atoms with Gasteiger partial charge in [-0.3, -0.25) is 9.13 Å². The zero-order valence-electron chi connectivity index (χ0n) is 76.8. The standard InChI is InChI=1S/C63H48N4O.C36H26N2.C27H23BrN2O/c1-63(2,3)43-36-37-64-59(38-43)67-57-33-13-12-26-51(57)52-35-34-46(40-58(52)67)68-45-23-14-22-44(39-45)65-56-32-17-30-54-50-25-11-10-24-49(50)53-29-15-27-47(41-18-6-4-7-19-41)60(53)55-31-16-28-48(61(55)66-62(54)56)42-20-8-5-9-21-42;37-33-23-11-21-31-29-17-8-7-16-28(29)30-20-9-18-26(24-12-3-1-4-13-24)34(30)32-22-10-19-27(35(32)38-36(31)33)25-14-5-2-6-15-25;1-27(2,3)18-13-14-29-26(15-18)30-24-10-5-4-9-22(24)23-12-11-21(17-25(23)30)31-20-8-6-7-19(28)16-20/h4-40,65-66H,1-3H3;1-23,38H,37H2;4-17H,1-3H3. The van der Waals surface area contributed by atoms with Gasteiger partial charge in [0.25, 0.3) is 0 Å². The number of pyridine rings is 2. The summed E-state index contributed by atoms with van der Waals surface area (Å²) in [6.45, 7) is 13.4. The summed E-state index contributed by atoms with van der Waals surface area (Å²) in [5.41, 5.74) is 29.4. The van der Waals surface area contributed by atoms with Gasteiger partial charge in [-0.25, -0.2) is 9.97 Å². The average Bonchev–Trinajstić information content (AvgIpc) is 1.72. The Morgan fingerprint density at radius 3 is 1.07 bits per heavy atom. The third-order valence-electron chi connectivity index (χ3n) is 26.2. The van der Waals surface area contributed by atoms with E-state index in [1.54, 1.807) is 0 Å². The predicted octanol–water partition coefficient (Wildman–Crippen LogP) is 35.1. The molecule has 0 fully saturated rings. The highest BCUT2D eigenvalue weighted by Crippen LogP contribution is 2.46. The fourth-order valence-corrected chi connectivity index (χ4v) is 20.0. The number of aromatic amines is 2. The molecule has 0 aliphatic carbocycles. The summed E-state index contributed by atoms with van der Waals surface area (Å²) in [6, 6.07) is 154. The smallest absolute Gasteiger partial charge is 0.137 e. The van der Waals surface area contributed by atoms with Crippen LogP contribution in [0.25, 0.3) is 186 Å². The lowest BCUT2D eigenvalue weighted by atomic mass is 9.88. The molecule has 6 aromatic heterocycles. The summed E-state index contributed by atoms with van der Waals surface area (Å²) in [5, 5.41) is 22.4. The molecule has 0 saturated heterocycles. The highest BCUT2D eigenvalue weighted by Gasteiger charge is 2.24. The van der Waals surface area contributed by atoms with Crippen LogP contribution in [0, 0.1) is 0 Å². The first-order chi connectivity index (χ1) is 67.0. The van der Waals surface area contributed by atoms with Crippen molar-refractivity contribution in [3.8, 4) is 79.1 Å². The fraction of sp³-hybridized carbons (Fsp3) is 0.0635. The molecule has 0 spiro atoms. The number of benzene rings is 18. The Hall–Kier alpha value is -16.9. The number of anilines is 3. The molecule has 18 aromatic carbocycles. The number of nitrogens with two attached hydrogens (primary N) is 1. The van der Waals surface area contributed by atoms with Crippen LogP contribution in [0.1, 0.15) is 52.7 Å². The van der Waals surface area contributed by atoms with E-state index < -0.39 is 0 Å². The van der Waals surface area contributed by atoms with Crippen LogP contribution in [0.15, 0.2) is 454 Å². The number of nitrogens with zero attached hydrogens (tertiary/aromatic N) is 4. The second-order valence-electron chi connectivity index (χ2n) is 36.9. The van der Waals surface area contributed by atoms with E-state index in [2.05, 4.69) is 464 Å². The van der Waals surface area contributed by atoms with Gasteiger partial charge in [-0.05, 0) is 202 Å². The highest BCUT2D eigenvalue weighted by molar-refractivity contribution is 9.10. The van der Waals surface area contributed by atoms with Gasteiger partial charge in [-0.1, -0.05) is 373 Å². The summed E-state index contributed by atoms with van der Waals surface area (Å²) < 4.78 is 18.4. The second-order valence-corrected chi connectivity index (χ2v) is 37.8. The molecule has 0 radical (unpaired) electrons. The maximum Gasteiger partial charge on any atom is 0.137 e. The van der Waals surface area contributed by atoms with Gasteiger partial charge in [0.05, 0.1) is 55.5 Å². The van der Waals surface area contributed by atoms with E-state index in [0.29, 0.717) is 0 Å². The van der Waals surface area contributed by atoms with E-state index >= 15 is 0 Å². The van der Waals surface area contributed by atoms with Crippen LogP contribution < -0.4 is 20.5 Å². The molecule has 0 amide bonds. The van der Waals surface area contributed by atoms with Crippen LogP contribution in [0.3, 0.4) is 0 Å². The van der Waals surface area contributed by atoms with Crippen LogP contribution in [0.5, 0.6) is 23.0 Å². The molecule has 6 heterocycles. The number of fused-ring (bicyclic) bond motifs is 20. The molecule has 137 heavy (non-hydrogen) atoms. The topological polar surface area (TPSA) is 124 Å². The number of para-hydroxylation sites is 6. The third-order valence-corrected chi connectivity index (χ3v) is 26.7. The molecule has 0 aliphatic heterocycles. The lowest BCUT2D eigenvalue weighted by Crippen LogP contribution is -2.12. The molecule has 10 nitrogen and oxygen atoms in total. The number of hydrogen-bond acceptors (Lipinski definition) is 6. The molecular weight excluding hydrogens is 1740 g/mol. The number of aromatic nitrogens is 6. The number of rotatable bonds is 12. The SMILES string of the molecule is CC(C)(C)c1ccnc(-n2c3ccccc3c3ccc(Oc4cccc(Br)c4)cc32)c1.CC(C)(C)c1ccnc(-n2c3ccccc3c3ccc(Oc4cccc(Nc5cccc6c5[nH]c5c(-c7ccccc7)cccc5c5c(-c7ccccc7)cccc5c5ccccc65)c4)cc32)c1.Nc1cccc2c1[nH]c1c(-c3ccccc3)cccc1c1c(-c3ccccc3)cccc1c1ccccc21. The molecule has 24 aromatic rings. The van der Waals surface area contributed by atoms with Gasteiger partial charge in [0, 0.05) is 95.0 Å². The van der Waals surface area contributed by atoms with E-state index in [0.717, 1.165) is 160 Å². The van der Waals surface area contributed by atoms with Crippen molar-refractivity contribution in [2.75, 3.05) is 11.1 Å². The Morgan fingerprint density at radius 2 is 0.613 bits per heavy atom. The normalized spacial score (nSPS) is 11.6. The minimum absolute atomic E-state index is 0.0186. The Labute approximate surface area is 803 Å². The van der Waals surface area contributed by atoms with Gasteiger partial charge < -0.3 is 30.5 Å². The molecule has 11 heteroatoms. The van der Waals surface area contributed by atoms with Crippen LogP contribution in [-0.4, -0.2) is 29.1 Å². The van der Waals surface area contributed by atoms with Crippen LogP contribution in [0.2, 0.25) is 0 Å². The minimum Gasteiger partial charge on any atom is -0.457 e. The number of nitrogen functional groups attached to an aromatic ring is 1. The molecule has 660 valence electrons. The van der Waals surface area contributed by atoms with E-state index in [9.17, 15) is 0 Å². The fourth-order valence-electron chi connectivity index (χ4n) is 19.6. The summed E-state index contributed by atoms with van der Waals surface area (Å²) >= 11 is 3.51. The Bertz CT molecular complexity index is 8930. The number of ether oxygens (including phenoxy) is 2. The minimum atomic E-state index is -0.0186. The molecular formula is C126H97BrN8O2. The Morgan fingerprint density at radius 1 is 0.270 bits per heavy atom. The monoisotopic (exact) mass is 1830 g/mol. The van der Waals surface area contributed by atoms with Gasteiger partial charge in [-0.15, -0.1) is 0 Å².